The molecule has 0 heterocycles. The number of urea groups is 1. The number of ether oxygens (including phenoxy) is 3. The monoisotopic (exact) mass is 496 g/mol. The first-order valence-corrected chi connectivity index (χ1v) is 9.95. The van der Waals surface area contributed by atoms with Gasteiger partial charge < -0.3 is 19.5 Å². The van der Waals surface area contributed by atoms with E-state index in [9.17, 15) is 31.1 Å². The van der Waals surface area contributed by atoms with Crippen LogP contribution in [0.4, 0.5) is 36.8 Å². The number of amides is 2. The molecule has 0 radical (unpaired) electrons. The van der Waals surface area contributed by atoms with E-state index < -0.39 is 24.5 Å². The lowest BCUT2D eigenvalue weighted by atomic mass is 10.2. The van der Waals surface area contributed by atoms with Crippen LogP contribution in [0.3, 0.4) is 0 Å². The van der Waals surface area contributed by atoms with Crippen LogP contribution in [0.1, 0.15) is 19.3 Å². The van der Waals surface area contributed by atoms with Crippen LogP contribution in [-0.4, -0.2) is 35.2 Å². The molecule has 0 aromatic heterocycles. The Morgan fingerprint density at radius 2 is 1.52 bits per heavy atom. The predicted molar refractivity (Wildman–Crippen MR) is 108 cm³/mol. The Balaban J connectivity index is 1.51. The molecule has 6 nitrogen and oxygen atoms in total. The number of hydrogen-bond acceptors (Lipinski definition) is 5. The number of rotatable bonds is 6. The summed E-state index contributed by atoms with van der Waals surface area (Å²) in [5.41, 5.74) is 0.0905. The maximum atomic E-state index is 12.4. The maximum absolute atomic E-state index is 12.4. The quantitative estimate of drug-likeness (QED) is 0.371. The second-order valence-corrected chi connectivity index (χ2v) is 7.51. The van der Waals surface area contributed by atoms with Crippen molar-refractivity contribution in [3.05, 3.63) is 48.5 Å². The first kappa shape index (κ1) is 24.7. The van der Waals surface area contributed by atoms with E-state index in [0.717, 1.165) is 28.6 Å². The second kappa shape index (κ2) is 9.89. The van der Waals surface area contributed by atoms with Crippen molar-refractivity contribution < 1.29 is 45.3 Å². The summed E-state index contributed by atoms with van der Waals surface area (Å²) in [5, 5.41) is 2.45. The second-order valence-electron chi connectivity index (χ2n) is 7.08. The Kier molecular flexibility index (Phi) is 7.40. The van der Waals surface area contributed by atoms with Crippen LogP contribution in [0, 0.1) is 0 Å². The number of halogens is 6. The van der Waals surface area contributed by atoms with Crippen molar-refractivity contribution in [2.75, 3.05) is 5.32 Å². The number of anilines is 1. The van der Waals surface area contributed by atoms with Crippen LogP contribution in [0.2, 0.25) is 0 Å². The average Bonchev–Trinajstić information content (AvgIpc) is 3.15. The molecule has 0 aliphatic heterocycles. The number of nitrogens with zero attached hydrogens (tertiary/aromatic N) is 1. The Hall–Kier alpha value is -2.96. The zero-order chi connectivity index (χ0) is 24.2. The Morgan fingerprint density at radius 3 is 2.15 bits per heavy atom. The number of alkyl halides is 6. The molecule has 0 bridgehead atoms. The summed E-state index contributed by atoms with van der Waals surface area (Å²) in [5.74, 6) is -0.513. The highest BCUT2D eigenvalue weighted by Crippen LogP contribution is 2.31. The zero-order valence-corrected chi connectivity index (χ0v) is 17.6. The minimum atomic E-state index is -4.86. The summed E-state index contributed by atoms with van der Waals surface area (Å²) < 4.78 is 88.2. The summed E-state index contributed by atoms with van der Waals surface area (Å²) >= 11 is 4.20. The van der Waals surface area contributed by atoms with Gasteiger partial charge in [0.2, 0.25) is 0 Å². The van der Waals surface area contributed by atoms with Gasteiger partial charge in [-0.1, -0.05) is 18.9 Å². The third-order valence-electron chi connectivity index (χ3n) is 4.59. The number of carbonyl (C=O) groups excluding carboxylic acids is 1. The third-order valence-corrected chi connectivity index (χ3v) is 5.10. The van der Waals surface area contributed by atoms with Crippen LogP contribution in [0.5, 0.6) is 17.2 Å². The van der Waals surface area contributed by atoms with Crippen LogP contribution in [-0.2, 0) is 0 Å². The van der Waals surface area contributed by atoms with E-state index in [4.69, 9.17) is 4.74 Å². The standard InChI is InChI=1S/C20H18F6N2O4S/c21-19(22,23)31-15-8-6-14(7-9-15)30-16-5-4-13(11-16)28(33)18(29)27-12-2-1-3-17(10-12)32-20(24,25)26/h1-3,6-10,13,16,33H,4-5,11H2,(H,27,29). The van der Waals surface area contributed by atoms with E-state index in [0.29, 0.717) is 25.0 Å². The molecular formula is C20H18F6N2O4S. The van der Waals surface area contributed by atoms with E-state index >= 15 is 0 Å². The van der Waals surface area contributed by atoms with Crippen molar-refractivity contribution in [1.29, 1.82) is 0 Å². The van der Waals surface area contributed by atoms with E-state index in [2.05, 4.69) is 27.6 Å². The van der Waals surface area contributed by atoms with Crippen molar-refractivity contribution in [2.24, 2.45) is 0 Å². The van der Waals surface area contributed by atoms with Gasteiger partial charge in [-0.15, -0.1) is 26.3 Å². The Morgan fingerprint density at radius 1 is 0.909 bits per heavy atom. The van der Waals surface area contributed by atoms with Crippen LogP contribution in [0.25, 0.3) is 0 Å². The molecular weight excluding hydrogens is 478 g/mol. The molecule has 1 aliphatic carbocycles. The number of hydrogen-bond donors (Lipinski definition) is 2. The van der Waals surface area contributed by atoms with Gasteiger partial charge >= 0.3 is 18.8 Å². The molecule has 2 amide bonds. The number of thiol groups is 1. The average molecular weight is 496 g/mol. The lowest BCUT2D eigenvalue weighted by molar-refractivity contribution is -0.275. The topological polar surface area (TPSA) is 60.0 Å². The summed E-state index contributed by atoms with van der Waals surface area (Å²) in [6, 6.07) is 8.78. The number of nitrogens with one attached hydrogen (secondary N) is 1. The van der Waals surface area contributed by atoms with Gasteiger partial charge in [-0.2, -0.15) is 0 Å². The molecule has 1 aliphatic rings. The summed E-state index contributed by atoms with van der Waals surface area (Å²) in [6.07, 6.45) is -8.46. The fraction of sp³-hybridized carbons (Fsp3) is 0.350. The van der Waals surface area contributed by atoms with Gasteiger partial charge in [0.15, 0.2) is 0 Å². The molecule has 0 spiro atoms. The lowest BCUT2D eigenvalue weighted by Crippen LogP contribution is -2.35. The third kappa shape index (κ3) is 7.84. The molecule has 1 saturated carbocycles. The largest absolute Gasteiger partial charge is 0.573 e. The first-order valence-electron chi connectivity index (χ1n) is 9.55. The fourth-order valence-electron chi connectivity index (χ4n) is 3.28. The normalized spacial score (nSPS) is 18.5. The molecule has 3 rings (SSSR count). The smallest absolute Gasteiger partial charge is 0.490 e. The van der Waals surface area contributed by atoms with E-state index in [1.165, 1.54) is 24.3 Å². The highest BCUT2D eigenvalue weighted by molar-refractivity contribution is 7.78. The van der Waals surface area contributed by atoms with Crippen LogP contribution < -0.4 is 19.5 Å². The van der Waals surface area contributed by atoms with Crippen LogP contribution in [0.15, 0.2) is 48.5 Å². The fourth-order valence-corrected chi connectivity index (χ4v) is 3.54. The number of carbonyl (C=O) groups is 1. The predicted octanol–water partition coefficient (Wildman–Crippen LogP) is 6.16. The van der Waals surface area contributed by atoms with Crippen LogP contribution >= 0.6 is 12.8 Å². The van der Waals surface area contributed by atoms with E-state index in [-0.39, 0.29) is 23.6 Å². The molecule has 2 unspecified atom stereocenters. The van der Waals surface area contributed by atoms with Gasteiger partial charge in [0.1, 0.15) is 23.4 Å². The van der Waals surface area contributed by atoms with Crippen molar-refractivity contribution in [2.45, 2.75) is 44.1 Å². The molecule has 2 atom stereocenters. The van der Waals surface area contributed by atoms with Crippen molar-refractivity contribution in [3.63, 3.8) is 0 Å². The Bertz CT molecular complexity index is 955. The van der Waals surface area contributed by atoms with Gasteiger partial charge in [0.05, 0.1) is 0 Å². The first-order chi connectivity index (χ1) is 15.4. The minimum Gasteiger partial charge on any atom is -0.490 e. The molecule has 13 heteroatoms. The lowest BCUT2D eigenvalue weighted by Gasteiger charge is -2.23. The highest BCUT2D eigenvalue weighted by Gasteiger charge is 2.33. The molecule has 1 fully saturated rings. The summed E-state index contributed by atoms with van der Waals surface area (Å²) in [6.45, 7) is 0. The van der Waals surface area contributed by atoms with Gasteiger partial charge in [-0.25, -0.2) is 4.79 Å². The minimum absolute atomic E-state index is 0.0905. The number of benzene rings is 2. The van der Waals surface area contributed by atoms with Gasteiger partial charge in [0.25, 0.3) is 0 Å². The zero-order valence-electron chi connectivity index (χ0n) is 16.7. The molecule has 0 saturated heterocycles. The van der Waals surface area contributed by atoms with E-state index in [1.54, 1.807) is 0 Å². The van der Waals surface area contributed by atoms with Gasteiger partial charge in [0, 0.05) is 24.2 Å². The molecule has 1 N–H and O–H groups in total. The van der Waals surface area contributed by atoms with Crippen molar-refractivity contribution in [1.82, 2.24) is 4.31 Å². The molecule has 180 valence electrons. The van der Waals surface area contributed by atoms with Gasteiger partial charge in [-0.3, -0.25) is 4.31 Å². The summed E-state index contributed by atoms with van der Waals surface area (Å²) in [4.78, 5) is 12.4. The Labute approximate surface area is 189 Å². The SMILES string of the molecule is O=C(Nc1cccc(OC(F)(F)F)c1)N(S)C1CCC(Oc2ccc(OC(F)(F)F)cc2)C1. The molecule has 33 heavy (non-hydrogen) atoms. The molecule has 2 aromatic carbocycles. The maximum Gasteiger partial charge on any atom is 0.573 e. The van der Waals surface area contributed by atoms with Crippen molar-refractivity contribution in [3.8, 4) is 17.2 Å². The highest BCUT2D eigenvalue weighted by atomic mass is 32.1. The van der Waals surface area contributed by atoms with Gasteiger partial charge in [-0.05, 0) is 49.2 Å². The summed E-state index contributed by atoms with van der Waals surface area (Å²) in [7, 11) is 0. The van der Waals surface area contributed by atoms with E-state index in [1.807, 2.05) is 0 Å². The van der Waals surface area contributed by atoms with Crippen molar-refractivity contribution >= 4 is 24.5 Å². The molecule has 2 aromatic rings.